The summed E-state index contributed by atoms with van der Waals surface area (Å²) in [5, 5.41) is 3.34. The lowest BCUT2D eigenvalue weighted by atomic mass is 10.2. The van der Waals surface area contributed by atoms with Gasteiger partial charge in [-0.25, -0.2) is 9.97 Å². The zero-order valence-corrected chi connectivity index (χ0v) is 11.8. The van der Waals surface area contributed by atoms with E-state index in [9.17, 15) is 4.79 Å². The van der Waals surface area contributed by atoms with Gasteiger partial charge in [0.15, 0.2) is 0 Å². The minimum Gasteiger partial charge on any atom is -0.312 e. The summed E-state index contributed by atoms with van der Waals surface area (Å²) in [6, 6.07) is 10.1. The fourth-order valence-electron chi connectivity index (χ4n) is 2.47. The molecule has 1 aromatic heterocycles. The summed E-state index contributed by atoms with van der Waals surface area (Å²) in [5.41, 5.74) is 3.17. The summed E-state index contributed by atoms with van der Waals surface area (Å²) in [6.07, 6.45) is 4.92. The highest BCUT2D eigenvalue weighted by Crippen LogP contribution is 2.21. The fourth-order valence-corrected chi connectivity index (χ4v) is 2.47. The van der Waals surface area contributed by atoms with Crippen molar-refractivity contribution in [2.75, 3.05) is 11.4 Å². The van der Waals surface area contributed by atoms with Gasteiger partial charge in [0.25, 0.3) is 0 Å². The quantitative estimate of drug-likeness (QED) is 0.910. The summed E-state index contributed by atoms with van der Waals surface area (Å²) in [6.45, 7) is 2.33. The van der Waals surface area contributed by atoms with Crippen LogP contribution in [-0.2, 0) is 17.9 Å². The molecular weight excluding hydrogens is 264 g/mol. The number of carbonyl (C=O) groups is 1. The first-order chi connectivity index (χ1) is 10.3. The number of nitrogens with zero attached hydrogens (tertiary/aromatic N) is 3. The molecule has 0 aliphatic carbocycles. The molecular formula is C16H18N4O. The monoisotopic (exact) mass is 282 g/mol. The van der Waals surface area contributed by atoms with Crippen molar-refractivity contribution in [2.24, 2.45) is 0 Å². The highest BCUT2D eigenvalue weighted by atomic mass is 16.2. The molecule has 0 saturated carbocycles. The SMILES string of the molecule is O=C1CCCN1c1ccc(CNCc2ccncn2)cc1. The lowest BCUT2D eigenvalue weighted by molar-refractivity contribution is -0.117. The highest BCUT2D eigenvalue weighted by molar-refractivity contribution is 5.95. The topological polar surface area (TPSA) is 58.1 Å². The molecule has 2 aromatic rings. The Balaban J connectivity index is 1.54. The van der Waals surface area contributed by atoms with Gasteiger partial charge in [-0.3, -0.25) is 4.79 Å². The predicted octanol–water partition coefficient (Wildman–Crippen LogP) is 1.89. The predicted molar refractivity (Wildman–Crippen MR) is 80.6 cm³/mol. The smallest absolute Gasteiger partial charge is 0.227 e. The summed E-state index contributed by atoms with van der Waals surface area (Å²) >= 11 is 0. The summed E-state index contributed by atoms with van der Waals surface area (Å²) in [5.74, 6) is 0.227. The first-order valence-corrected chi connectivity index (χ1v) is 7.18. The van der Waals surface area contributed by atoms with Gasteiger partial charge < -0.3 is 10.2 Å². The van der Waals surface area contributed by atoms with E-state index >= 15 is 0 Å². The average Bonchev–Trinajstić information content (AvgIpc) is 2.95. The van der Waals surface area contributed by atoms with Crippen molar-refractivity contribution in [3.05, 3.63) is 54.1 Å². The molecule has 21 heavy (non-hydrogen) atoms. The van der Waals surface area contributed by atoms with E-state index in [0.29, 0.717) is 6.42 Å². The zero-order valence-electron chi connectivity index (χ0n) is 11.8. The second-order valence-corrected chi connectivity index (χ2v) is 5.12. The maximum absolute atomic E-state index is 11.7. The van der Waals surface area contributed by atoms with Crippen molar-refractivity contribution < 1.29 is 4.79 Å². The largest absolute Gasteiger partial charge is 0.312 e. The van der Waals surface area contributed by atoms with E-state index in [4.69, 9.17) is 0 Å². The summed E-state index contributed by atoms with van der Waals surface area (Å²) in [4.78, 5) is 21.6. The molecule has 3 rings (SSSR count). The Hall–Kier alpha value is -2.27. The van der Waals surface area contributed by atoms with E-state index in [1.807, 2.05) is 23.1 Å². The fraction of sp³-hybridized carbons (Fsp3) is 0.312. The van der Waals surface area contributed by atoms with Gasteiger partial charge in [0.05, 0.1) is 5.69 Å². The number of nitrogens with one attached hydrogen (secondary N) is 1. The normalized spacial score (nSPS) is 14.7. The standard InChI is InChI=1S/C16H18N4O/c21-16-2-1-9-20(16)15-5-3-13(4-6-15)10-18-11-14-7-8-17-12-19-14/h3-8,12,18H,1-2,9-11H2. The minimum absolute atomic E-state index is 0.227. The van der Waals surface area contributed by atoms with Crippen LogP contribution in [-0.4, -0.2) is 22.4 Å². The molecule has 1 N–H and O–H groups in total. The molecule has 5 nitrogen and oxygen atoms in total. The van der Waals surface area contributed by atoms with Crippen molar-refractivity contribution >= 4 is 11.6 Å². The Morgan fingerprint density at radius 1 is 1.14 bits per heavy atom. The van der Waals surface area contributed by atoms with Crippen molar-refractivity contribution in [1.29, 1.82) is 0 Å². The number of carbonyl (C=O) groups excluding carboxylic acids is 1. The third-order valence-electron chi connectivity index (χ3n) is 3.60. The molecule has 0 unspecified atom stereocenters. The number of hydrogen-bond donors (Lipinski definition) is 1. The molecule has 0 spiro atoms. The molecule has 2 heterocycles. The summed E-state index contributed by atoms with van der Waals surface area (Å²) < 4.78 is 0. The molecule has 1 aliphatic heterocycles. The second-order valence-electron chi connectivity index (χ2n) is 5.12. The van der Waals surface area contributed by atoms with Crippen LogP contribution in [0.5, 0.6) is 0 Å². The van der Waals surface area contributed by atoms with E-state index < -0.39 is 0 Å². The van der Waals surface area contributed by atoms with Crippen LogP contribution >= 0.6 is 0 Å². The lowest BCUT2D eigenvalue weighted by Crippen LogP contribution is -2.23. The molecule has 1 fully saturated rings. The molecule has 108 valence electrons. The van der Waals surface area contributed by atoms with Crippen LogP contribution in [0, 0.1) is 0 Å². The highest BCUT2D eigenvalue weighted by Gasteiger charge is 2.21. The van der Waals surface area contributed by atoms with Gasteiger partial charge in [-0.1, -0.05) is 12.1 Å². The van der Waals surface area contributed by atoms with E-state index in [1.54, 1.807) is 12.5 Å². The third kappa shape index (κ3) is 3.44. The molecule has 1 saturated heterocycles. The summed E-state index contributed by atoms with van der Waals surface area (Å²) in [7, 11) is 0. The van der Waals surface area contributed by atoms with Gasteiger partial charge in [0.1, 0.15) is 6.33 Å². The average molecular weight is 282 g/mol. The Morgan fingerprint density at radius 2 is 2.00 bits per heavy atom. The molecule has 0 bridgehead atoms. The van der Waals surface area contributed by atoms with Gasteiger partial charge in [-0.15, -0.1) is 0 Å². The van der Waals surface area contributed by atoms with Crippen molar-refractivity contribution in [3.8, 4) is 0 Å². The van der Waals surface area contributed by atoms with Crippen LogP contribution < -0.4 is 10.2 Å². The second kappa shape index (κ2) is 6.45. The Morgan fingerprint density at radius 3 is 2.67 bits per heavy atom. The van der Waals surface area contributed by atoms with Crippen LogP contribution in [0.2, 0.25) is 0 Å². The number of amides is 1. The van der Waals surface area contributed by atoms with Crippen LogP contribution in [0.1, 0.15) is 24.1 Å². The Kier molecular flexibility index (Phi) is 4.21. The molecule has 1 aliphatic rings. The Labute approximate surface area is 124 Å². The van der Waals surface area contributed by atoms with Gasteiger partial charge in [0, 0.05) is 37.9 Å². The molecule has 1 amide bonds. The van der Waals surface area contributed by atoms with Gasteiger partial charge in [-0.05, 0) is 30.2 Å². The van der Waals surface area contributed by atoms with E-state index in [1.165, 1.54) is 5.56 Å². The number of anilines is 1. The number of aromatic nitrogens is 2. The number of rotatable bonds is 5. The molecule has 1 aromatic carbocycles. The third-order valence-corrected chi connectivity index (χ3v) is 3.60. The maximum Gasteiger partial charge on any atom is 0.227 e. The van der Waals surface area contributed by atoms with E-state index in [-0.39, 0.29) is 5.91 Å². The molecule has 5 heteroatoms. The minimum atomic E-state index is 0.227. The van der Waals surface area contributed by atoms with E-state index in [0.717, 1.165) is 37.4 Å². The van der Waals surface area contributed by atoms with Crippen LogP contribution in [0.25, 0.3) is 0 Å². The number of benzene rings is 1. The van der Waals surface area contributed by atoms with Crippen molar-refractivity contribution in [3.63, 3.8) is 0 Å². The van der Waals surface area contributed by atoms with Crippen molar-refractivity contribution in [1.82, 2.24) is 15.3 Å². The zero-order chi connectivity index (χ0) is 14.5. The lowest BCUT2D eigenvalue weighted by Gasteiger charge is -2.16. The first kappa shape index (κ1) is 13.7. The van der Waals surface area contributed by atoms with Crippen LogP contribution in [0.4, 0.5) is 5.69 Å². The van der Waals surface area contributed by atoms with Crippen LogP contribution in [0.15, 0.2) is 42.9 Å². The number of hydrogen-bond acceptors (Lipinski definition) is 4. The molecule has 0 atom stereocenters. The van der Waals surface area contributed by atoms with Crippen LogP contribution in [0.3, 0.4) is 0 Å². The van der Waals surface area contributed by atoms with E-state index in [2.05, 4.69) is 27.4 Å². The van der Waals surface area contributed by atoms with Gasteiger partial charge in [0.2, 0.25) is 5.91 Å². The van der Waals surface area contributed by atoms with Gasteiger partial charge in [-0.2, -0.15) is 0 Å². The first-order valence-electron chi connectivity index (χ1n) is 7.18. The van der Waals surface area contributed by atoms with Gasteiger partial charge >= 0.3 is 0 Å². The van der Waals surface area contributed by atoms with Crippen molar-refractivity contribution in [2.45, 2.75) is 25.9 Å². The molecule has 0 radical (unpaired) electrons. The Bertz CT molecular complexity index is 597. The maximum atomic E-state index is 11.7.